The third kappa shape index (κ3) is 4.36. The highest BCUT2D eigenvalue weighted by Gasteiger charge is 1.96. The average Bonchev–Trinajstić information content (AvgIpc) is 2.51. The summed E-state index contributed by atoms with van der Waals surface area (Å²) in [4.78, 5) is 4.36. The predicted octanol–water partition coefficient (Wildman–Crippen LogP) is 1.28. The predicted molar refractivity (Wildman–Crippen MR) is 56.8 cm³/mol. The van der Waals surface area contributed by atoms with E-state index in [4.69, 9.17) is 5.73 Å². The van der Waals surface area contributed by atoms with Crippen LogP contribution < -0.4 is 11.1 Å². The van der Waals surface area contributed by atoms with Crippen LogP contribution in [-0.4, -0.2) is 18.1 Å². The SMILES string of the molecule is Cc1nc(CNCCCCN)cs1. The molecular weight excluding hydrogens is 182 g/mol. The second kappa shape index (κ2) is 6.07. The lowest BCUT2D eigenvalue weighted by atomic mass is 10.3. The summed E-state index contributed by atoms with van der Waals surface area (Å²) in [6.07, 6.45) is 2.25. The van der Waals surface area contributed by atoms with Crippen molar-refractivity contribution in [2.24, 2.45) is 5.73 Å². The van der Waals surface area contributed by atoms with E-state index in [1.54, 1.807) is 11.3 Å². The van der Waals surface area contributed by atoms with E-state index in [1.165, 1.54) is 0 Å². The Morgan fingerprint density at radius 2 is 2.38 bits per heavy atom. The van der Waals surface area contributed by atoms with E-state index in [0.717, 1.165) is 43.2 Å². The summed E-state index contributed by atoms with van der Waals surface area (Å²) in [6, 6.07) is 0. The van der Waals surface area contributed by atoms with E-state index < -0.39 is 0 Å². The molecule has 0 unspecified atom stereocenters. The van der Waals surface area contributed by atoms with Crippen molar-refractivity contribution in [3.63, 3.8) is 0 Å². The van der Waals surface area contributed by atoms with Crippen LogP contribution in [0, 0.1) is 6.92 Å². The second-order valence-electron chi connectivity index (χ2n) is 3.03. The van der Waals surface area contributed by atoms with Crippen LogP contribution in [0.1, 0.15) is 23.5 Å². The average molecular weight is 199 g/mol. The molecule has 0 fully saturated rings. The molecule has 4 heteroatoms. The number of hydrogen-bond acceptors (Lipinski definition) is 4. The Hall–Kier alpha value is -0.450. The maximum atomic E-state index is 5.39. The number of nitrogens with two attached hydrogens (primary N) is 1. The second-order valence-corrected chi connectivity index (χ2v) is 4.09. The lowest BCUT2D eigenvalue weighted by Crippen LogP contribution is -2.16. The molecule has 0 radical (unpaired) electrons. The standard InChI is InChI=1S/C9H17N3S/c1-8-12-9(7-13-8)6-11-5-3-2-4-10/h7,11H,2-6,10H2,1H3. The molecule has 3 nitrogen and oxygen atoms in total. The van der Waals surface area contributed by atoms with Crippen LogP contribution in [-0.2, 0) is 6.54 Å². The van der Waals surface area contributed by atoms with E-state index in [9.17, 15) is 0 Å². The fourth-order valence-electron chi connectivity index (χ4n) is 1.10. The lowest BCUT2D eigenvalue weighted by molar-refractivity contribution is 0.622. The fraction of sp³-hybridized carbons (Fsp3) is 0.667. The first-order valence-corrected chi connectivity index (χ1v) is 5.52. The van der Waals surface area contributed by atoms with Crippen molar-refractivity contribution in [2.75, 3.05) is 13.1 Å². The number of thiazole rings is 1. The summed E-state index contributed by atoms with van der Waals surface area (Å²) in [5, 5.41) is 6.58. The van der Waals surface area contributed by atoms with E-state index in [1.807, 2.05) is 6.92 Å². The molecule has 0 bridgehead atoms. The molecule has 1 aromatic rings. The van der Waals surface area contributed by atoms with Crippen LogP contribution in [0.3, 0.4) is 0 Å². The quantitative estimate of drug-likeness (QED) is 0.679. The molecule has 0 saturated heterocycles. The smallest absolute Gasteiger partial charge is 0.0897 e. The van der Waals surface area contributed by atoms with Gasteiger partial charge in [0.15, 0.2) is 0 Å². The van der Waals surface area contributed by atoms with Crippen LogP contribution in [0.15, 0.2) is 5.38 Å². The molecule has 1 aromatic heterocycles. The van der Waals surface area contributed by atoms with Gasteiger partial charge in [0.05, 0.1) is 10.7 Å². The Labute approximate surface area is 83.4 Å². The largest absolute Gasteiger partial charge is 0.330 e. The van der Waals surface area contributed by atoms with Gasteiger partial charge >= 0.3 is 0 Å². The van der Waals surface area contributed by atoms with Gasteiger partial charge < -0.3 is 11.1 Å². The van der Waals surface area contributed by atoms with Crippen molar-refractivity contribution >= 4 is 11.3 Å². The number of unbranched alkanes of at least 4 members (excludes halogenated alkanes) is 1. The summed E-state index contributed by atoms with van der Waals surface area (Å²) in [5.41, 5.74) is 6.54. The summed E-state index contributed by atoms with van der Waals surface area (Å²) in [6.45, 7) is 4.74. The number of aromatic nitrogens is 1. The zero-order valence-electron chi connectivity index (χ0n) is 8.05. The Morgan fingerprint density at radius 3 is 3.00 bits per heavy atom. The lowest BCUT2D eigenvalue weighted by Gasteiger charge is -2.00. The van der Waals surface area contributed by atoms with Gasteiger partial charge in [-0.2, -0.15) is 0 Å². The molecule has 0 spiro atoms. The minimum Gasteiger partial charge on any atom is -0.330 e. The van der Waals surface area contributed by atoms with Crippen molar-refractivity contribution in [2.45, 2.75) is 26.3 Å². The van der Waals surface area contributed by atoms with Gasteiger partial charge in [0.2, 0.25) is 0 Å². The van der Waals surface area contributed by atoms with Gasteiger partial charge in [0, 0.05) is 11.9 Å². The van der Waals surface area contributed by atoms with Gasteiger partial charge in [-0.15, -0.1) is 11.3 Å². The molecular formula is C9H17N3S. The first-order valence-electron chi connectivity index (χ1n) is 4.64. The third-order valence-electron chi connectivity index (χ3n) is 1.78. The monoisotopic (exact) mass is 199 g/mol. The topological polar surface area (TPSA) is 50.9 Å². The highest BCUT2D eigenvalue weighted by atomic mass is 32.1. The molecule has 74 valence electrons. The van der Waals surface area contributed by atoms with Crippen LogP contribution in [0.2, 0.25) is 0 Å². The van der Waals surface area contributed by atoms with Gasteiger partial charge in [0.25, 0.3) is 0 Å². The summed E-state index contributed by atoms with van der Waals surface area (Å²) >= 11 is 1.70. The zero-order valence-corrected chi connectivity index (χ0v) is 8.86. The van der Waals surface area contributed by atoms with Crippen molar-refractivity contribution in [1.82, 2.24) is 10.3 Å². The molecule has 0 aliphatic carbocycles. The first-order chi connectivity index (χ1) is 6.33. The molecule has 0 aliphatic heterocycles. The zero-order chi connectivity index (χ0) is 9.52. The van der Waals surface area contributed by atoms with Gasteiger partial charge in [0.1, 0.15) is 0 Å². The minimum atomic E-state index is 0.789. The fourth-order valence-corrected chi connectivity index (χ4v) is 1.71. The highest BCUT2D eigenvalue weighted by molar-refractivity contribution is 7.09. The van der Waals surface area contributed by atoms with Gasteiger partial charge in [-0.25, -0.2) is 4.98 Å². The molecule has 0 aliphatic rings. The molecule has 0 saturated carbocycles. The van der Waals surface area contributed by atoms with Crippen molar-refractivity contribution < 1.29 is 0 Å². The maximum absolute atomic E-state index is 5.39. The molecule has 0 atom stereocenters. The van der Waals surface area contributed by atoms with Crippen molar-refractivity contribution in [1.29, 1.82) is 0 Å². The Kier molecular flexibility index (Phi) is 4.97. The number of hydrogen-bond donors (Lipinski definition) is 2. The van der Waals surface area contributed by atoms with E-state index in [-0.39, 0.29) is 0 Å². The molecule has 13 heavy (non-hydrogen) atoms. The summed E-state index contributed by atoms with van der Waals surface area (Å²) in [5.74, 6) is 0. The maximum Gasteiger partial charge on any atom is 0.0897 e. The highest BCUT2D eigenvalue weighted by Crippen LogP contribution is 2.06. The third-order valence-corrected chi connectivity index (χ3v) is 2.60. The number of aryl methyl sites for hydroxylation is 1. The van der Waals surface area contributed by atoms with Gasteiger partial charge in [-0.05, 0) is 32.9 Å². The molecule has 1 rings (SSSR count). The van der Waals surface area contributed by atoms with Crippen molar-refractivity contribution in [3.05, 3.63) is 16.1 Å². The number of nitrogens with zero attached hydrogens (tertiary/aromatic N) is 1. The van der Waals surface area contributed by atoms with Gasteiger partial charge in [-0.1, -0.05) is 0 Å². The Bertz CT molecular complexity index is 235. The normalized spacial score (nSPS) is 10.6. The first kappa shape index (κ1) is 10.6. The Balaban J connectivity index is 2.06. The van der Waals surface area contributed by atoms with Crippen LogP contribution >= 0.6 is 11.3 Å². The van der Waals surface area contributed by atoms with Crippen LogP contribution in [0.25, 0.3) is 0 Å². The Morgan fingerprint density at radius 1 is 1.54 bits per heavy atom. The van der Waals surface area contributed by atoms with Gasteiger partial charge in [-0.3, -0.25) is 0 Å². The summed E-state index contributed by atoms with van der Waals surface area (Å²) in [7, 11) is 0. The number of rotatable bonds is 6. The van der Waals surface area contributed by atoms with Crippen LogP contribution in [0.5, 0.6) is 0 Å². The van der Waals surface area contributed by atoms with Crippen LogP contribution in [0.4, 0.5) is 0 Å². The van der Waals surface area contributed by atoms with E-state index >= 15 is 0 Å². The minimum absolute atomic E-state index is 0.789. The molecule has 3 N–H and O–H groups in total. The summed E-state index contributed by atoms with van der Waals surface area (Å²) < 4.78 is 0. The van der Waals surface area contributed by atoms with E-state index in [2.05, 4.69) is 15.7 Å². The van der Waals surface area contributed by atoms with E-state index in [0.29, 0.717) is 0 Å². The number of nitrogens with one attached hydrogen (secondary N) is 1. The molecule has 0 amide bonds. The molecule has 1 heterocycles. The molecule has 0 aromatic carbocycles. The van der Waals surface area contributed by atoms with Crippen molar-refractivity contribution in [3.8, 4) is 0 Å².